The number of amides is 1. The van der Waals surface area contributed by atoms with E-state index in [1.54, 1.807) is 18.3 Å². The van der Waals surface area contributed by atoms with E-state index in [-0.39, 0.29) is 17.8 Å². The highest BCUT2D eigenvalue weighted by atomic mass is 32.1. The Balaban J connectivity index is 1.32. The Morgan fingerprint density at radius 1 is 1.30 bits per heavy atom. The maximum absolute atomic E-state index is 12.7. The Bertz CT molecular complexity index is 1070. The van der Waals surface area contributed by atoms with Gasteiger partial charge in [-0.3, -0.25) is 19.9 Å². The first-order chi connectivity index (χ1) is 14.5. The Labute approximate surface area is 179 Å². The fourth-order valence-corrected chi connectivity index (χ4v) is 4.73. The van der Waals surface area contributed by atoms with Crippen LogP contribution in [0.4, 0.5) is 5.88 Å². The number of thiazole rings is 1. The number of anilines is 1. The largest absolute Gasteiger partial charge is 0.444 e. The number of para-hydroxylation sites is 1. The van der Waals surface area contributed by atoms with Gasteiger partial charge in [-0.25, -0.2) is 4.98 Å². The lowest BCUT2D eigenvalue weighted by Gasteiger charge is -2.36. The normalized spacial score (nSPS) is 16.5. The van der Waals surface area contributed by atoms with E-state index in [0.717, 1.165) is 48.8 Å². The van der Waals surface area contributed by atoms with E-state index in [1.165, 1.54) is 4.70 Å². The van der Waals surface area contributed by atoms with Crippen molar-refractivity contribution in [2.75, 3.05) is 31.5 Å². The minimum atomic E-state index is -0.299. The van der Waals surface area contributed by atoms with Crippen molar-refractivity contribution in [3.63, 3.8) is 0 Å². The maximum atomic E-state index is 12.7. The Kier molecular flexibility index (Phi) is 5.86. The predicted octanol–water partition coefficient (Wildman–Crippen LogP) is 3.52. The highest BCUT2D eigenvalue weighted by molar-refractivity contribution is 7.18. The topological polar surface area (TPSA) is 85.4 Å². The number of hydrogen-bond acceptors (Lipinski definition) is 7. The van der Waals surface area contributed by atoms with Crippen molar-refractivity contribution >= 4 is 33.3 Å². The number of fused-ring (bicyclic) bond motifs is 1. The molecule has 0 spiro atoms. The summed E-state index contributed by atoms with van der Waals surface area (Å²) in [6.07, 6.45) is 0. The van der Waals surface area contributed by atoms with E-state index < -0.39 is 0 Å². The molecule has 1 aromatic carbocycles. The number of nitrogens with zero attached hydrogens (tertiary/aromatic N) is 4. The first kappa shape index (κ1) is 20.5. The molecule has 7 nitrogen and oxygen atoms in total. The van der Waals surface area contributed by atoms with E-state index in [9.17, 15) is 10.1 Å². The van der Waals surface area contributed by atoms with Gasteiger partial charge in [-0.2, -0.15) is 5.26 Å². The molecule has 3 aromatic rings. The molecular weight excluding hydrogens is 398 g/mol. The molecule has 1 aliphatic heterocycles. The number of nitrogens with one attached hydrogen (secondary N) is 1. The monoisotopic (exact) mass is 423 g/mol. The SMILES string of the molecule is Cc1oc(NC(=O)C(C)N2CCN(Cc3nc4ccccc4s3)CC2)c(C#N)c1C. The molecule has 0 aliphatic carbocycles. The second kappa shape index (κ2) is 8.56. The van der Waals surface area contributed by atoms with Gasteiger partial charge >= 0.3 is 0 Å². The third-order valence-corrected chi connectivity index (χ3v) is 6.79. The van der Waals surface area contributed by atoms with E-state index in [1.807, 2.05) is 32.0 Å². The molecule has 0 radical (unpaired) electrons. The molecule has 1 fully saturated rings. The number of carbonyl (C=O) groups excluding carboxylic acids is 1. The van der Waals surface area contributed by atoms with Gasteiger partial charge in [0.1, 0.15) is 22.4 Å². The quantitative estimate of drug-likeness (QED) is 0.676. The number of furan rings is 1. The molecule has 1 unspecified atom stereocenters. The van der Waals surface area contributed by atoms with Crippen molar-refractivity contribution in [1.82, 2.24) is 14.8 Å². The van der Waals surface area contributed by atoms with Crippen LogP contribution in [-0.2, 0) is 11.3 Å². The van der Waals surface area contributed by atoms with Crippen LogP contribution in [0, 0.1) is 25.2 Å². The first-order valence-corrected chi connectivity index (χ1v) is 10.9. The predicted molar refractivity (Wildman–Crippen MR) is 117 cm³/mol. The third-order valence-electron chi connectivity index (χ3n) is 5.76. The van der Waals surface area contributed by atoms with E-state index >= 15 is 0 Å². The van der Waals surface area contributed by atoms with Crippen LogP contribution in [0.3, 0.4) is 0 Å². The van der Waals surface area contributed by atoms with E-state index in [2.05, 4.69) is 27.3 Å². The number of rotatable bonds is 5. The number of aryl methyl sites for hydroxylation is 1. The highest BCUT2D eigenvalue weighted by Gasteiger charge is 2.27. The lowest BCUT2D eigenvalue weighted by Crippen LogP contribution is -2.52. The van der Waals surface area contributed by atoms with Gasteiger partial charge in [0.2, 0.25) is 11.8 Å². The Hall–Kier alpha value is -2.73. The summed E-state index contributed by atoms with van der Waals surface area (Å²) in [5.41, 5.74) is 2.22. The van der Waals surface area contributed by atoms with Gasteiger partial charge in [0.25, 0.3) is 0 Å². The summed E-state index contributed by atoms with van der Waals surface area (Å²) in [6, 6.07) is 10.0. The molecule has 1 amide bonds. The molecule has 1 saturated heterocycles. The van der Waals surface area contributed by atoms with Gasteiger partial charge in [-0.15, -0.1) is 11.3 Å². The van der Waals surface area contributed by atoms with Crippen LogP contribution in [0.2, 0.25) is 0 Å². The number of benzene rings is 1. The van der Waals surface area contributed by atoms with Crippen molar-refractivity contribution in [2.24, 2.45) is 0 Å². The number of nitriles is 1. The van der Waals surface area contributed by atoms with Gasteiger partial charge in [-0.05, 0) is 32.9 Å². The van der Waals surface area contributed by atoms with Gasteiger partial charge in [-0.1, -0.05) is 12.1 Å². The maximum Gasteiger partial charge on any atom is 0.243 e. The van der Waals surface area contributed by atoms with Crippen molar-refractivity contribution in [3.05, 3.63) is 46.2 Å². The minimum absolute atomic E-state index is 0.153. The van der Waals surface area contributed by atoms with Gasteiger partial charge in [0, 0.05) is 31.7 Å². The fraction of sp³-hybridized carbons (Fsp3) is 0.409. The van der Waals surface area contributed by atoms with E-state index in [4.69, 9.17) is 9.40 Å². The van der Waals surface area contributed by atoms with Crippen LogP contribution in [0.25, 0.3) is 10.2 Å². The van der Waals surface area contributed by atoms with Crippen LogP contribution in [0.5, 0.6) is 0 Å². The summed E-state index contributed by atoms with van der Waals surface area (Å²) < 4.78 is 6.78. The zero-order valence-electron chi connectivity index (χ0n) is 17.4. The number of hydrogen-bond donors (Lipinski definition) is 1. The van der Waals surface area contributed by atoms with Gasteiger partial charge in [0.05, 0.1) is 22.8 Å². The Morgan fingerprint density at radius 2 is 2.03 bits per heavy atom. The number of piperazine rings is 1. The van der Waals surface area contributed by atoms with Crippen molar-refractivity contribution in [1.29, 1.82) is 5.26 Å². The molecule has 0 bridgehead atoms. The van der Waals surface area contributed by atoms with E-state index in [0.29, 0.717) is 11.3 Å². The van der Waals surface area contributed by atoms with Crippen LogP contribution < -0.4 is 5.32 Å². The summed E-state index contributed by atoms with van der Waals surface area (Å²) in [4.78, 5) is 22.0. The van der Waals surface area contributed by atoms with Crippen LogP contribution in [-0.4, -0.2) is 52.9 Å². The molecule has 1 N–H and O–H groups in total. The third kappa shape index (κ3) is 4.10. The second-order valence-corrected chi connectivity index (χ2v) is 8.77. The van der Waals surface area contributed by atoms with Gasteiger partial charge < -0.3 is 4.42 Å². The molecule has 2 aromatic heterocycles. The lowest BCUT2D eigenvalue weighted by molar-refractivity contribution is -0.121. The van der Waals surface area contributed by atoms with Crippen molar-refractivity contribution in [3.8, 4) is 6.07 Å². The molecule has 1 atom stereocenters. The van der Waals surface area contributed by atoms with Crippen molar-refractivity contribution in [2.45, 2.75) is 33.4 Å². The molecule has 156 valence electrons. The van der Waals surface area contributed by atoms with Crippen LogP contribution in [0.1, 0.15) is 28.8 Å². The molecule has 8 heteroatoms. The van der Waals surface area contributed by atoms with Crippen LogP contribution in [0.15, 0.2) is 28.7 Å². The molecule has 0 saturated carbocycles. The molecule has 4 rings (SSSR count). The average molecular weight is 424 g/mol. The highest BCUT2D eigenvalue weighted by Crippen LogP contribution is 2.26. The molecule has 3 heterocycles. The smallest absolute Gasteiger partial charge is 0.243 e. The molecular formula is C22H25N5O2S. The zero-order chi connectivity index (χ0) is 21.3. The summed E-state index contributed by atoms with van der Waals surface area (Å²) in [7, 11) is 0. The zero-order valence-corrected chi connectivity index (χ0v) is 18.3. The van der Waals surface area contributed by atoms with Gasteiger partial charge in [0.15, 0.2) is 0 Å². The number of aromatic nitrogens is 1. The molecule has 30 heavy (non-hydrogen) atoms. The van der Waals surface area contributed by atoms with Crippen LogP contribution >= 0.6 is 11.3 Å². The molecule has 1 aliphatic rings. The average Bonchev–Trinajstić information content (AvgIpc) is 3.27. The Morgan fingerprint density at radius 3 is 2.73 bits per heavy atom. The minimum Gasteiger partial charge on any atom is -0.444 e. The van der Waals surface area contributed by atoms with Crippen molar-refractivity contribution < 1.29 is 9.21 Å². The summed E-state index contributed by atoms with van der Waals surface area (Å²) in [6.45, 7) is 9.73. The summed E-state index contributed by atoms with van der Waals surface area (Å²) in [5.74, 6) is 0.747. The standard InChI is InChI=1S/C22H25N5O2S/c1-14-16(3)29-22(17(14)12-23)25-21(28)15(2)27-10-8-26(9-11-27)13-20-24-18-6-4-5-7-19(18)30-20/h4-7,15H,8-11,13H2,1-3H3,(H,25,28). The lowest BCUT2D eigenvalue weighted by atomic mass is 10.1. The first-order valence-electron chi connectivity index (χ1n) is 10.1. The number of carbonyl (C=O) groups is 1. The fourth-order valence-electron chi connectivity index (χ4n) is 3.72. The summed E-state index contributed by atoms with van der Waals surface area (Å²) >= 11 is 1.74. The second-order valence-electron chi connectivity index (χ2n) is 7.65. The summed E-state index contributed by atoms with van der Waals surface area (Å²) in [5, 5.41) is 13.3.